The van der Waals surface area contributed by atoms with Crippen LogP contribution in [0.5, 0.6) is 0 Å². The van der Waals surface area contributed by atoms with Gasteiger partial charge in [-0.25, -0.2) is 0 Å². The lowest BCUT2D eigenvalue weighted by atomic mass is 9.90. The van der Waals surface area contributed by atoms with E-state index in [0.29, 0.717) is 17.2 Å². The smallest absolute Gasteiger partial charge is 0.259 e. The first kappa shape index (κ1) is 13.9. The van der Waals surface area contributed by atoms with Crippen LogP contribution in [0.1, 0.15) is 34.5 Å². The summed E-state index contributed by atoms with van der Waals surface area (Å²) in [5.41, 5.74) is 2.65. The van der Waals surface area contributed by atoms with E-state index < -0.39 is 0 Å². The number of aromatic nitrogens is 1. The van der Waals surface area contributed by atoms with Crippen molar-refractivity contribution >= 4 is 5.91 Å². The fourth-order valence-corrected chi connectivity index (χ4v) is 2.96. The Bertz CT molecular complexity index is 598. The van der Waals surface area contributed by atoms with Gasteiger partial charge in [-0.2, -0.15) is 0 Å². The molecule has 3 rings (SSSR count). The highest BCUT2D eigenvalue weighted by Gasteiger charge is 2.25. The number of carbonyl (C=O) groups is 1. The van der Waals surface area contributed by atoms with Crippen LogP contribution < -0.4 is 0 Å². The number of carbonyl (C=O) groups excluding carboxylic acids is 1. The van der Waals surface area contributed by atoms with Crippen LogP contribution in [0, 0.1) is 12.8 Å². The summed E-state index contributed by atoms with van der Waals surface area (Å²) in [5, 5.41) is 3.78. The molecule has 4 heteroatoms. The monoisotopic (exact) mass is 284 g/mol. The Balaban J connectivity index is 1.56. The molecule has 0 N–H and O–H groups in total. The summed E-state index contributed by atoms with van der Waals surface area (Å²) in [6.07, 6.45) is 4.68. The molecule has 1 aromatic heterocycles. The van der Waals surface area contributed by atoms with E-state index in [1.807, 2.05) is 11.0 Å². The minimum absolute atomic E-state index is 0.0481. The Labute approximate surface area is 124 Å². The zero-order chi connectivity index (χ0) is 14.7. The van der Waals surface area contributed by atoms with Crippen LogP contribution in [0.2, 0.25) is 0 Å². The van der Waals surface area contributed by atoms with Crippen molar-refractivity contribution < 1.29 is 9.32 Å². The second kappa shape index (κ2) is 6.12. The highest BCUT2D eigenvalue weighted by Crippen LogP contribution is 2.23. The number of hydrogen-bond donors (Lipinski definition) is 0. The lowest BCUT2D eigenvalue weighted by Gasteiger charge is -2.32. The summed E-state index contributed by atoms with van der Waals surface area (Å²) >= 11 is 0. The normalized spacial score (nSPS) is 16.1. The van der Waals surface area contributed by atoms with E-state index in [-0.39, 0.29) is 5.91 Å². The van der Waals surface area contributed by atoms with Crippen molar-refractivity contribution in [3.05, 3.63) is 53.4 Å². The van der Waals surface area contributed by atoms with E-state index in [4.69, 9.17) is 4.52 Å². The van der Waals surface area contributed by atoms with E-state index >= 15 is 0 Å². The summed E-state index contributed by atoms with van der Waals surface area (Å²) < 4.78 is 4.86. The maximum Gasteiger partial charge on any atom is 0.259 e. The van der Waals surface area contributed by atoms with Crippen molar-refractivity contribution in [3.63, 3.8) is 0 Å². The molecule has 21 heavy (non-hydrogen) atoms. The number of rotatable bonds is 3. The Morgan fingerprint density at radius 3 is 2.62 bits per heavy atom. The number of amides is 1. The zero-order valence-corrected chi connectivity index (χ0v) is 12.3. The summed E-state index contributed by atoms with van der Waals surface area (Å²) in [7, 11) is 0. The predicted octanol–water partition coefficient (Wildman–Crippen LogP) is 3.08. The van der Waals surface area contributed by atoms with Gasteiger partial charge in [0.15, 0.2) is 0 Å². The van der Waals surface area contributed by atoms with Crippen molar-refractivity contribution in [2.45, 2.75) is 26.2 Å². The Morgan fingerprint density at radius 2 is 2.00 bits per heavy atom. The summed E-state index contributed by atoms with van der Waals surface area (Å²) in [4.78, 5) is 14.3. The first-order chi connectivity index (χ1) is 10.2. The molecule has 1 amide bonds. The van der Waals surface area contributed by atoms with Gasteiger partial charge in [-0.1, -0.05) is 35.5 Å². The third-order valence-electron chi connectivity index (χ3n) is 4.25. The van der Waals surface area contributed by atoms with Gasteiger partial charge >= 0.3 is 0 Å². The molecule has 1 fully saturated rings. The van der Waals surface area contributed by atoms with Crippen molar-refractivity contribution in [2.24, 2.45) is 5.92 Å². The maximum atomic E-state index is 12.4. The average molecular weight is 284 g/mol. The minimum Gasteiger partial charge on any atom is -0.364 e. The average Bonchev–Trinajstić information content (AvgIpc) is 2.94. The number of nitrogens with zero attached hydrogens (tertiary/aromatic N) is 2. The molecule has 0 aliphatic carbocycles. The standard InChI is InChI=1S/C17H20N2O2/c1-13-16(12-21-18-13)17(20)19-9-7-15(8-10-19)11-14-5-3-2-4-6-14/h2-6,12,15H,7-11H2,1H3. The molecular weight excluding hydrogens is 264 g/mol. The van der Waals surface area contributed by atoms with Gasteiger partial charge in [0.1, 0.15) is 11.8 Å². The molecule has 0 unspecified atom stereocenters. The van der Waals surface area contributed by atoms with Crippen LogP contribution in [0.25, 0.3) is 0 Å². The maximum absolute atomic E-state index is 12.4. The van der Waals surface area contributed by atoms with Crippen LogP contribution in [0.15, 0.2) is 41.1 Å². The van der Waals surface area contributed by atoms with Crippen molar-refractivity contribution in [1.82, 2.24) is 10.1 Å². The fourth-order valence-electron chi connectivity index (χ4n) is 2.96. The number of likely N-dealkylation sites (tertiary alicyclic amines) is 1. The van der Waals surface area contributed by atoms with Gasteiger partial charge in [0.05, 0.1) is 5.69 Å². The molecule has 0 atom stereocenters. The van der Waals surface area contributed by atoms with Gasteiger partial charge < -0.3 is 9.42 Å². The molecule has 0 spiro atoms. The lowest BCUT2D eigenvalue weighted by Crippen LogP contribution is -2.39. The molecular formula is C17H20N2O2. The highest BCUT2D eigenvalue weighted by atomic mass is 16.5. The molecule has 110 valence electrons. The molecule has 1 aromatic carbocycles. The number of benzene rings is 1. The molecule has 2 heterocycles. The Kier molecular flexibility index (Phi) is 4.04. The highest BCUT2D eigenvalue weighted by molar-refractivity contribution is 5.94. The second-order valence-electron chi connectivity index (χ2n) is 5.74. The number of aryl methyl sites for hydroxylation is 1. The SMILES string of the molecule is Cc1nocc1C(=O)N1CCC(Cc2ccccc2)CC1. The summed E-state index contributed by atoms with van der Waals surface area (Å²) in [6, 6.07) is 10.6. The van der Waals surface area contributed by atoms with E-state index in [9.17, 15) is 4.79 Å². The first-order valence-electron chi connectivity index (χ1n) is 7.48. The molecule has 1 aliphatic rings. The third kappa shape index (κ3) is 3.15. The van der Waals surface area contributed by atoms with Gasteiger partial charge in [0.2, 0.25) is 0 Å². The first-order valence-corrected chi connectivity index (χ1v) is 7.48. The summed E-state index contributed by atoms with van der Waals surface area (Å²) in [5.74, 6) is 0.715. The predicted molar refractivity (Wildman–Crippen MR) is 80.0 cm³/mol. The van der Waals surface area contributed by atoms with E-state index in [1.54, 1.807) is 6.92 Å². The van der Waals surface area contributed by atoms with Gasteiger partial charge in [-0.15, -0.1) is 0 Å². The Hall–Kier alpha value is -2.10. The van der Waals surface area contributed by atoms with Crippen molar-refractivity contribution in [1.29, 1.82) is 0 Å². The van der Waals surface area contributed by atoms with E-state index in [0.717, 1.165) is 32.4 Å². The largest absolute Gasteiger partial charge is 0.364 e. The van der Waals surface area contributed by atoms with E-state index in [2.05, 4.69) is 29.4 Å². The topological polar surface area (TPSA) is 46.3 Å². The van der Waals surface area contributed by atoms with Crippen molar-refractivity contribution in [3.8, 4) is 0 Å². The van der Waals surface area contributed by atoms with Crippen molar-refractivity contribution in [2.75, 3.05) is 13.1 Å². The van der Waals surface area contributed by atoms with Crippen LogP contribution in [0.3, 0.4) is 0 Å². The van der Waals surface area contributed by atoms with Gasteiger partial charge in [0.25, 0.3) is 5.91 Å². The minimum atomic E-state index is 0.0481. The van der Waals surface area contributed by atoms with Gasteiger partial charge in [-0.05, 0) is 37.7 Å². The van der Waals surface area contributed by atoms with Crippen LogP contribution in [-0.4, -0.2) is 29.1 Å². The number of piperidine rings is 1. The second-order valence-corrected chi connectivity index (χ2v) is 5.74. The zero-order valence-electron chi connectivity index (χ0n) is 12.3. The van der Waals surface area contributed by atoms with Crippen LogP contribution in [-0.2, 0) is 6.42 Å². The molecule has 1 saturated heterocycles. The molecule has 0 radical (unpaired) electrons. The third-order valence-corrected chi connectivity index (χ3v) is 4.25. The molecule has 0 saturated carbocycles. The quantitative estimate of drug-likeness (QED) is 0.870. The Morgan fingerprint density at radius 1 is 1.29 bits per heavy atom. The summed E-state index contributed by atoms with van der Waals surface area (Å²) in [6.45, 7) is 3.45. The van der Waals surface area contributed by atoms with Crippen LogP contribution in [0.4, 0.5) is 0 Å². The molecule has 4 nitrogen and oxygen atoms in total. The van der Waals surface area contributed by atoms with Gasteiger partial charge in [-0.3, -0.25) is 4.79 Å². The van der Waals surface area contributed by atoms with E-state index in [1.165, 1.54) is 11.8 Å². The molecule has 2 aromatic rings. The fraction of sp³-hybridized carbons (Fsp3) is 0.412. The molecule has 1 aliphatic heterocycles. The molecule has 0 bridgehead atoms. The van der Waals surface area contributed by atoms with Gasteiger partial charge in [0, 0.05) is 13.1 Å². The lowest BCUT2D eigenvalue weighted by molar-refractivity contribution is 0.0689. The van der Waals surface area contributed by atoms with Crippen LogP contribution >= 0.6 is 0 Å². The number of hydrogen-bond acceptors (Lipinski definition) is 3.